The zero-order chi connectivity index (χ0) is 14.4. The van der Waals surface area contributed by atoms with Crippen molar-refractivity contribution in [1.29, 1.82) is 0 Å². The smallest absolute Gasteiger partial charge is 0.255 e. The summed E-state index contributed by atoms with van der Waals surface area (Å²) < 4.78 is 5.13. The number of hydrogen-bond donors (Lipinski definition) is 1. The van der Waals surface area contributed by atoms with E-state index in [1.54, 1.807) is 12.3 Å². The van der Waals surface area contributed by atoms with E-state index in [0.29, 0.717) is 17.2 Å². The Bertz CT molecular complexity index is 575. The standard InChI is InChI=1S/C15H15ClN2O2/c1-20-14-10-17-8-7-12(14)15(19)18-13(9-16)11-5-3-2-4-6-11/h2-8,10,13H,9H2,1H3,(H,18,19). The average molecular weight is 291 g/mol. The fraction of sp³-hybridized carbons (Fsp3) is 0.200. The highest BCUT2D eigenvalue weighted by molar-refractivity contribution is 6.18. The van der Waals surface area contributed by atoms with Crippen molar-refractivity contribution >= 4 is 17.5 Å². The van der Waals surface area contributed by atoms with E-state index < -0.39 is 0 Å². The number of carbonyl (C=O) groups is 1. The van der Waals surface area contributed by atoms with Crippen molar-refractivity contribution in [3.8, 4) is 5.75 Å². The van der Waals surface area contributed by atoms with Gasteiger partial charge in [0.1, 0.15) is 5.75 Å². The molecular weight excluding hydrogens is 276 g/mol. The molecular formula is C15H15ClN2O2. The molecule has 0 aliphatic rings. The van der Waals surface area contributed by atoms with E-state index in [0.717, 1.165) is 5.56 Å². The molecule has 0 saturated carbocycles. The minimum absolute atomic E-state index is 0.237. The van der Waals surface area contributed by atoms with E-state index in [1.807, 2.05) is 30.3 Å². The predicted molar refractivity (Wildman–Crippen MR) is 78.2 cm³/mol. The first-order valence-electron chi connectivity index (χ1n) is 6.16. The molecule has 1 heterocycles. The molecule has 104 valence electrons. The summed E-state index contributed by atoms with van der Waals surface area (Å²) in [6.45, 7) is 0. The first-order chi connectivity index (χ1) is 9.76. The molecule has 1 aromatic heterocycles. The number of aromatic nitrogens is 1. The Morgan fingerprint density at radius 2 is 2.10 bits per heavy atom. The molecule has 0 bridgehead atoms. The van der Waals surface area contributed by atoms with Crippen LogP contribution in [0.5, 0.6) is 5.75 Å². The van der Waals surface area contributed by atoms with Gasteiger partial charge in [-0.05, 0) is 11.6 Å². The second-order valence-electron chi connectivity index (χ2n) is 4.17. The number of benzene rings is 1. The Labute approximate surface area is 122 Å². The molecule has 20 heavy (non-hydrogen) atoms. The summed E-state index contributed by atoms with van der Waals surface area (Å²) in [5.41, 5.74) is 1.40. The van der Waals surface area contributed by atoms with Crippen LogP contribution < -0.4 is 10.1 Å². The number of amides is 1. The average Bonchev–Trinajstić information content (AvgIpc) is 2.53. The zero-order valence-electron chi connectivity index (χ0n) is 11.0. The van der Waals surface area contributed by atoms with Gasteiger partial charge in [0.05, 0.1) is 24.9 Å². The van der Waals surface area contributed by atoms with E-state index in [-0.39, 0.29) is 11.9 Å². The van der Waals surface area contributed by atoms with E-state index in [2.05, 4.69) is 10.3 Å². The van der Waals surface area contributed by atoms with Crippen LogP contribution in [0.1, 0.15) is 22.0 Å². The normalized spacial score (nSPS) is 11.7. The van der Waals surface area contributed by atoms with Crippen LogP contribution in [0.4, 0.5) is 0 Å². The van der Waals surface area contributed by atoms with Crippen LogP contribution in [0.25, 0.3) is 0 Å². The summed E-state index contributed by atoms with van der Waals surface area (Å²) in [6, 6.07) is 11.0. The van der Waals surface area contributed by atoms with Crippen molar-refractivity contribution in [3.63, 3.8) is 0 Å². The maximum atomic E-state index is 12.3. The molecule has 5 heteroatoms. The lowest BCUT2D eigenvalue weighted by Crippen LogP contribution is -2.29. The third kappa shape index (κ3) is 3.27. The van der Waals surface area contributed by atoms with Gasteiger partial charge in [-0.15, -0.1) is 11.6 Å². The van der Waals surface area contributed by atoms with Crippen LogP contribution in [-0.4, -0.2) is 23.9 Å². The van der Waals surface area contributed by atoms with Crippen molar-refractivity contribution in [3.05, 3.63) is 59.9 Å². The lowest BCUT2D eigenvalue weighted by atomic mass is 10.1. The van der Waals surface area contributed by atoms with Gasteiger partial charge in [0.25, 0.3) is 5.91 Å². The summed E-state index contributed by atoms with van der Waals surface area (Å²) in [7, 11) is 1.50. The van der Waals surface area contributed by atoms with Crippen LogP contribution in [0, 0.1) is 0 Å². The third-order valence-corrected chi connectivity index (χ3v) is 3.22. The lowest BCUT2D eigenvalue weighted by Gasteiger charge is -2.17. The molecule has 0 saturated heterocycles. The molecule has 1 aromatic carbocycles. The molecule has 0 aliphatic carbocycles. The summed E-state index contributed by atoms with van der Waals surface area (Å²) >= 11 is 5.95. The SMILES string of the molecule is COc1cnccc1C(=O)NC(CCl)c1ccccc1. The van der Waals surface area contributed by atoms with Gasteiger partial charge >= 0.3 is 0 Å². The summed E-state index contributed by atoms with van der Waals surface area (Å²) in [5.74, 6) is 0.494. The highest BCUT2D eigenvalue weighted by Gasteiger charge is 2.17. The topological polar surface area (TPSA) is 51.2 Å². The minimum Gasteiger partial charge on any atom is -0.494 e. The Morgan fingerprint density at radius 1 is 1.35 bits per heavy atom. The maximum Gasteiger partial charge on any atom is 0.255 e. The Morgan fingerprint density at radius 3 is 2.75 bits per heavy atom. The highest BCUT2D eigenvalue weighted by atomic mass is 35.5. The quantitative estimate of drug-likeness (QED) is 0.862. The van der Waals surface area contributed by atoms with E-state index >= 15 is 0 Å². The molecule has 1 N–H and O–H groups in total. The van der Waals surface area contributed by atoms with Gasteiger partial charge in [-0.3, -0.25) is 9.78 Å². The van der Waals surface area contributed by atoms with Crippen molar-refractivity contribution < 1.29 is 9.53 Å². The first-order valence-corrected chi connectivity index (χ1v) is 6.69. The number of rotatable bonds is 5. The number of pyridine rings is 1. The van der Waals surface area contributed by atoms with Crippen molar-refractivity contribution in [2.75, 3.05) is 13.0 Å². The predicted octanol–water partition coefficient (Wildman–Crippen LogP) is 2.80. The second-order valence-corrected chi connectivity index (χ2v) is 4.48. The number of nitrogens with one attached hydrogen (secondary N) is 1. The number of methoxy groups -OCH3 is 1. The molecule has 0 aliphatic heterocycles. The van der Waals surface area contributed by atoms with Gasteiger partial charge in [0.2, 0.25) is 0 Å². The number of halogens is 1. The third-order valence-electron chi connectivity index (χ3n) is 2.91. The van der Waals surface area contributed by atoms with Crippen LogP contribution in [-0.2, 0) is 0 Å². The first kappa shape index (κ1) is 14.3. The zero-order valence-corrected chi connectivity index (χ0v) is 11.8. The van der Waals surface area contributed by atoms with Crippen molar-refractivity contribution in [1.82, 2.24) is 10.3 Å². The fourth-order valence-electron chi connectivity index (χ4n) is 1.86. The number of hydrogen-bond acceptors (Lipinski definition) is 3. The van der Waals surface area contributed by atoms with Crippen LogP contribution in [0.2, 0.25) is 0 Å². The van der Waals surface area contributed by atoms with E-state index in [4.69, 9.17) is 16.3 Å². The molecule has 1 amide bonds. The van der Waals surface area contributed by atoms with Crippen molar-refractivity contribution in [2.24, 2.45) is 0 Å². The van der Waals surface area contributed by atoms with Gasteiger partial charge in [0.15, 0.2) is 0 Å². The van der Waals surface area contributed by atoms with E-state index in [1.165, 1.54) is 13.3 Å². The number of ether oxygens (including phenoxy) is 1. The highest BCUT2D eigenvalue weighted by Crippen LogP contribution is 2.19. The minimum atomic E-state index is -0.247. The van der Waals surface area contributed by atoms with Gasteiger partial charge in [-0.2, -0.15) is 0 Å². The molecule has 1 atom stereocenters. The summed E-state index contributed by atoms with van der Waals surface area (Å²) in [5, 5.41) is 2.90. The van der Waals surface area contributed by atoms with Crippen LogP contribution >= 0.6 is 11.6 Å². The Hall–Kier alpha value is -2.07. The maximum absolute atomic E-state index is 12.3. The van der Waals surface area contributed by atoms with Gasteiger partial charge < -0.3 is 10.1 Å². The molecule has 0 spiro atoms. The number of alkyl halides is 1. The van der Waals surface area contributed by atoms with Gasteiger partial charge in [0, 0.05) is 12.1 Å². The molecule has 1 unspecified atom stereocenters. The largest absolute Gasteiger partial charge is 0.494 e. The van der Waals surface area contributed by atoms with Crippen LogP contribution in [0.15, 0.2) is 48.8 Å². The van der Waals surface area contributed by atoms with Gasteiger partial charge in [-0.25, -0.2) is 0 Å². The lowest BCUT2D eigenvalue weighted by molar-refractivity contribution is 0.0937. The molecule has 4 nitrogen and oxygen atoms in total. The number of nitrogens with zero attached hydrogens (tertiary/aromatic N) is 1. The second kappa shape index (κ2) is 6.91. The summed E-state index contributed by atoms with van der Waals surface area (Å²) in [6.07, 6.45) is 3.06. The number of carbonyl (C=O) groups excluding carboxylic acids is 1. The molecule has 2 rings (SSSR count). The monoisotopic (exact) mass is 290 g/mol. The molecule has 2 aromatic rings. The Kier molecular flexibility index (Phi) is 4.96. The molecule has 0 fully saturated rings. The molecule has 0 radical (unpaired) electrons. The Balaban J connectivity index is 2.18. The van der Waals surface area contributed by atoms with Gasteiger partial charge in [-0.1, -0.05) is 30.3 Å². The fourth-order valence-corrected chi connectivity index (χ4v) is 2.12. The van der Waals surface area contributed by atoms with E-state index in [9.17, 15) is 4.79 Å². The van der Waals surface area contributed by atoms with Crippen molar-refractivity contribution in [2.45, 2.75) is 6.04 Å². The van der Waals surface area contributed by atoms with Crippen LogP contribution in [0.3, 0.4) is 0 Å². The summed E-state index contributed by atoms with van der Waals surface area (Å²) in [4.78, 5) is 16.2.